The lowest BCUT2D eigenvalue weighted by Gasteiger charge is -2.10. The largest absolute Gasteiger partial charge is 0.353 e. The van der Waals surface area contributed by atoms with Gasteiger partial charge in [-0.1, -0.05) is 10.3 Å². The molecule has 0 aliphatic carbocycles. The summed E-state index contributed by atoms with van der Waals surface area (Å²) in [4.78, 5) is 22.1. The van der Waals surface area contributed by atoms with Crippen LogP contribution in [0.3, 0.4) is 0 Å². The lowest BCUT2D eigenvalue weighted by atomic mass is 10.6. The summed E-state index contributed by atoms with van der Waals surface area (Å²) in [7, 11) is -3.91. The molecule has 0 bridgehead atoms. The molecule has 90 valence electrons. The van der Waals surface area contributed by atoms with E-state index in [0.29, 0.717) is 5.01 Å². The fraction of sp³-hybridized carbons (Fsp3) is 0.143. The van der Waals surface area contributed by atoms with Gasteiger partial charge in [0.05, 0.1) is 4.90 Å². The zero-order valence-corrected chi connectivity index (χ0v) is 9.86. The van der Waals surface area contributed by atoms with E-state index in [4.69, 9.17) is 0 Å². The Kier molecular flexibility index (Phi) is 2.90. The quantitative estimate of drug-likeness (QED) is 0.839. The Balaban J connectivity index is 2.10. The van der Waals surface area contributed by atoms with E-state index in [0.717, 1.165) is 0 Å². The zero-order valence-electron chi connectivity index (χ0n) is 8.23. The van der Waals surface area contributed by atoms with E-state index in [1.807, 2.05) is 0 Å². The summed E-state index contributed by atoms with van der Waals surface area (Å²) in [6.45, 7) is -0.356. The van der Waals surface area contributed by atoms with Crippen LogP contribution in [0.2, 0.25) is 0 Å². The third-order valence-corrected chi connectivity index (χ3v) is 3.96. The van der Waals surface area contributed by atoms with Gasteiger partial charge in [0.1, 0.15) is 6.54 Å². The van der Waals surface area contributed by atoms with Crippen molar-refractivity contribution in [1.29, 1.82) is 0 Å². The zero-order chi connectivity index (χ0) is 12.5. The van der Waals surface area contributed by atoms with Crippen molar-refractivity contribution in [1.82, 2.24) is 9.73 Å². The van der Waals surface area contributed by atoms with Crippen LogP contribution in [-0.4, -0.2) is 31.9 Å². The van der Waals surface area contributed by atoms with Crippen molar-refractivity contribution >= 4 is 33.3 Å². The highest BCUT2D eigenvalue weighted by Gasteiger charge is 2.26. The fourth-order valence-electron chi connectivity index (χ4n) is 1.04. The molecule has 8 nitrogen and oxygen atoms in total. The number of nitrogens with zero attached hydrogens (tertiary/aromatic N) is 3. The van der Waals surface area contributed by atoms with Crippen molar-refractivity contribution in [2.24, 2.45) is 10.3 Å². The van der Waals surface area contributed by atoms with Gasteiger partial charge in [0, 0.05) is 5.38 Å². The first-order chi connectivity index (χ1) is 7.99. The van der Waals surface area contributed by atoms with Gasteiger partial charge in [-0.25, -0.2) is 17.9 Å². The van der Waals surface area contributed by atoms with E-state index < -0.39 is 22.0 Å². The minimum atomic E-state index is -3.91. The van der Waals surface area contributed by atoms with Crippen LogP contribution in [0.5, 0.6) is 0 Å². The van der Waals surface area contributed by atoms with Crippen LogP contribution in [-0.2, 0) is 14.8 Å². The third-order valence-electron chi connectivity index (χ3n) is 1.81. The SMILES string of the molecule is O=C1CN(C(=O)NS(=O)(=O)c2ccsc2)N=N1. The Hall–Kier alpha value is -1.81. The van der Waals surface area contributed by atoms with Crippen molar-refractivity contribution < 1.29 is 18.0 Å². The molecule has 10 heteroatoms. The number of urea groups is 1. The van der Waals surface area contributed by atoms with E-state index in [-0.39, 0.29) is 11.4 Å². The lowest BCUT2D eigenvalue weighted by molar-refractivity contribution is -0.116. The third kappa shape index (κ3) is 2.47. The van der Waals surface area contributed by atoms with Crippen LogP contribution in [0.15, 0.2) is 32.1 Å². The van der Waals surface area contributed by atoms with E-state index in [1.165, 1.54) is 22.8 Å². The number of carbonyl (C=O) groups is 2. The highest BCUT2D eigenvalue weighted by atomic mass is 32.2. The molecule has 0 saturated carbocycles. The molecular formula is C7H6N4O4S2. The summed E-state index contributed by atoms with van der Waals surface area (Å²) in [5.41, 5.74) is 0. The highest BCUT2D eigenvalue weighted by Crippen LogP contribution is 2.13. The van der Waals surface area contributed by atoms with Gasteiger partial charge in [-0.3, -0.25) is 4.79 Å². The molecular weight excluding hydrogens is 268 g/mol. The first-order valence-electron chi connectivity index (χ1n) is 4.30. The van der Waals surface area contributed by atoms with E-state index in [1.54, 1.807) is 10.1 Å². The number of hydrogen-bond donors (Lipinski definition) is 1. The minimum Gasteiger partial charge on any atom is -0.269 e. The summed E-state index contributed by atoms with van der Waals surface area (Å²) in [6.07, 6.45) is 0. The molecule has 1 N–H and O–H groups in total. The summed E-state index contributed by atoms with van der Waals surface area (Å²) in [6, 6.07) is 0.350. The van der Waals surface area contributed by atoms with Crippen molar-refractivity contribution in [2.75, 3.05) is 6.54 Å². The van der Waals surface area contributed by atoms with E-state index >= 15 is 0 Å². The highest BCUT2D eigenvalue weighted by molar-refractivity contribution is 7.90. The van der Waals surface area contributed by atoms with Gasteiger partial charge in [0.2, 0.25) is 0 Å². The molecule has 3 amide bonds. The maximum absolute atomic E-state index is 11.6. The van der Waals surface area contributed by atoms with Gasteiger partial charge in [-0.05, 0) is 11.4 Å². The molecule has 2 rings (SSSR count). The average molecular weight is 274 g/mol. The maximum Gasteiger partial charge on any atom is 0.353 e. The molecule has 1 aromatic rings. The van der Waals surface area contributed by atoms with Gasteiger partial charge in [-0.15, -0.1) is 0 Å². The Morgan fingerprint density at radius 1 is 1.53 bits per heavy atom. The van der Waals surface area contributed by atoms with Gasteiger partial charge in [-0.2, -0.15) is 16.3 Å². The van der Waals surface area contributed by atoms with Crippen molar-refractivity contribution in [2.45, 2.75) is 4.90 Å². The number of rotatable bonds is 2. The smallest absolute Gasteiger partial charge is 0.269 e. The van der Waals surface area contributed by atoms with Crippen molar-refractivity contribution in [3.05, 3.63) is 16.8 Å². The van der Waals surface area contributed by atoms with Gasteiger partial charge >= 0.3 is 6.03 Å². The Morgan fingerprint density at radius 2 is 2.29 bits per heavy atom. The summed E-state index contributed by atoms with van der Waals surface area (Å²) >= 11 is 1.19. The molecule has 0 spiro atoms. The van der Waals surface area contributed by atoms with Gasteiger partial charge in [0.15, 0.2) is 0 Å². The molecule has 2 heterocycles. The van der Waals surface area contributed by atoms with Crippen molar-refractivity contribution in [3.8, 4) is 0 Å². The van der Waals surface area contributed by atoms with E-state index in [9.17, 15) is 18.0 Å². The number of hydrogen-bond acceptors (Lipinski definition) is 6. The fourth-order valence-corrected chi connectivity index (χ4v) is 3.02. The summed E-state index contributed by atoms with van der Waals surface area (Å²) < 4.78 is 25.0. The Labute approximate surface area is 100.0 Å². The molecule has 0 atom stereocenters. The van der Waals surface area contributed by atoms with Crippen LogP contribution < -0.4 is 4.72 Å². The second kappa shape index (κ2) is 4.22. The molecule has 0 fully saturated rings. The standard InChI is InChI=1S/C7H6N4O4S2/c12-6-3-11(10-8-6)7(13)9-17(14,15)5-1-2-16-4-5/h1-2,4H,3H2,(H,9,13). The molecule has 0 saturated heterocycles. The molecule has 0 unspecified atom stereocenters. The Morgan fingerprint density at radius 3 is 2.82 bits per heavy atom. The summed E-state index contributed by atoms with van der Waals surface area (Å²) in [5, 5.41) is 9.90. The van der Waals surface area contributed by atoms with Gasteiger partial charge < -0.3 is 0 Å². The van der Waals surface area contributed by atoms with Crippen LogP contribution in [0.4, 0.5) is 4.79 Å². The monoisotopic (exact) mass is 274 g/mol. The minimum absolute atomic E-state index is 0.0155. The number of thiophene rings is 1. The topological polar surface area (TPSA) is 108 Å². The number of nitrogens with one attached hydrogen (secondary N) is 1. The van der Waals surface area contributed by atoms with Crippen LogP contribution in [0.25, 0.3) is 0 Å². The molecule has 17 heavy (non-hydrogen) atoms. The second-order valence-corrected chi connectivity index (χ2v) is 5.47. The molecule has 0 aromatic carbocycles. The predicted molar refractivity (Wildman–Crippen MR) is 56.6 cm³/mol. The Bertz CT molecular complexity index is 577. The lowest BCUT2D eigenvalue weighted by Crippen LogP contribution is -2.39. The van der Waals surface area contributed by atoms with Crippen LogP contribution in [0.1, 0.15) is 0 Å². The van der Waals surface area contributed by atoms with Gasteiger partial charge in [0.25, 0.3) is 15.9 Å². The molecule has 1 aliphatic heterocycles. The van der Waals surface area contributed by atoms with E-state index in [2.05, 4.69) is 10.3 Å². The maximum atomic E-state index is 11.6. The molecule has 1 aromatic heterocycles. The first kappa shape index (κ1) is 11.7. The number of sulfonamides is 1. The predicted octanol–water partition coefficient (Wildman–Crippen LogP) is 0.356. The van der Waals surface area contributed by atoms with Crippen LogP contribution in [0, 0.1) is 0 Å². The number of amides is 3. The first-order valence-corrected chi connectivity index (χ1v) is 6.72. The molecule has 0 radical (unpaired) electrons. The molecule has 1 aliphatic rings. The summed E-state index contributed by atoms with van der Waals surface area (Å²) in [5.74, 6) is -0.604. The average Bonchev–Trinajstić information content (AvgIpc) is 2.86. The number of carbonyl (C=O) groups excluding carboxylic acids is 2. The second-order valence-electron chi connectivity index (χ2n) is 3.01. The van der Waals surface area contributed by atoms with Crippen LogP contribution >= 0.6 is 11.3 Å². The normalized spacial score (nSPS) is 15.3. The van der Waals surface area contributed by atoms with Crippen molar-refractivity contribution in [3.63, 3.8) is 0 Å².